The zero-order valence-electron chi connectivity index (χ0n) is 16.8. The molecule has 1 aliphatic rings. The lowest BCUT2D eigenvalue weighted by molar-refractivity contribution is 0.0600. The van der Waals surface area contributed by atoms with E-state index in [0.29, 0.717) is 11.6 Å². The van der Waals surface area contributed by atoms with Crippen molar-refractivity contribution in [1.29, 1.82) is 0 Å². The smallest absolute Gasteiger partial charge is 0.337 e. The summed E-state index contributed by atoms with van der Waals surface area (Å²) in [5, 5.41) is 0. The number of carbonyl (C=O) groups is 1. The highest BCUT2D eigenvalue weighted by Crippen LogP contribution is 2.31. The predicted molar refractivity (Wildman–Crippen MR) is 113 cm³/mol. The summed E-state index contributed by atoms with van der Waals surface area (Å²) in [4.78, 5) is 15.5. The summed E-state index contributed by atoms with van der Waals surface area (Å²) < 4.78 is 12.6. The third kappa shape index (κ3) is 5.50. The summed E-state index contributed by atoms with van der Waals surface area (Å²) in [5.74, 6) is 0.563. The molecule has 1 atom stereocenters. The Labute approximate surface area is 171 Å². The number of piperidine rings is 1. The number of hydrogen-bond donors (Lipinski definition) is 0. The Balaban J connectivity index is 1.80. The molecule has 3 rings (SSSR count). The molecule has 0 N–H and O–H groups in total. The Morgan fingerprint density at radius 2 is 2.00 bits per heavy atom. The van der Waals surface area contributed by atoms with E-state index in [1.54, 1.807) is 25.1 Å². The van der Waals surface area contributed by atoms with Crippen molar-refractivity contribution < 1.29 is 14.3 Å². The van der Waals surface area contributed by atoms with Crippen LogP contribution in [0.5, 0.6) is 5.75 Å². The summed E-state index contributed by atoms with van der Waals surface area (Å²) in [6, 6.07) is 16.3. The van der Waals surface area contributed by atoms with Crippen LogP contribution >= 0.6 is 11.9 Å². The first kappa shape index (κ1) is 20.7. The van der Waals surface area contributed by atoms with E-state index < -0.39 is 0 Å². The van der Waals surface area contributed by atoms with Gasteiger partial charge in [0.15, 0.2) is 0 Å². The fourth-order valence-electron chi connectivity index (χ4n) is 3.48. The van der Waals surface area contributed by atoms with Crippen molar-refractivity contribution in [3.63, 3.8) is 0 Å². The largest absolute Gasteiger partial charge is 0.497 e. The van der Waals surface area contributed by atoms with Gasteiger partial charge in [0.1, 0.15) is 5.75 Å². The van der Waals surface area contributed by atoms with Crippen molar-refractivity contribution in [3.8, 4) is 5.75 Å². The average Bonchev–Trinajstić information content (AvgIpc) is 2.73. The van der Waals surface area contributed by atoms with Crippen molar-refractivity contribution in [2.75, 3.05) is 34.4 Å². The Hall–Kier alpha value is -2.02. The minimum atomic E-state index is -0.298. The van der Waals surface area contributed by atoms with Gasteiger partial charge in [-0.2, -0.15) is 0 Å². The number of rotatable bonds is 7. The molecule has 5 nitrogen and oxygen atoms in total. The minimum absolute atomic E-state index is 0.298. The van der Waals surface area contributed by atoms with E-state index in [1.807, 2.05) is 24.3 Å². The minimum Gasteiger partial charge on any atom is -0.497 e. The summed E-state index contributed by atoms with van der Waals surface area (Å²) in [5.41, 5.74) is 1.70. The Morgan fingerprint density at radius 3 is 2.68 bits per heavy atom. The first-order valence-electron chi connectivity index (χ1n) is 9.53. The summed E-state index contributed by atoms with van der Waals surface area (Å²) in [6.07, 6.45) is 2.37. The molecule has 1 fully saturated rings. The van der Waals surface area contributed by atoms with Crippen molar-refractivity contribution in [3.05, 3.63) is 59.7 Å². The molecule has 6 heteroatoms. The molecule has 0 aromatic heterocycles. The number of hydrogen-bond acceptors (Lipinski definition) is 6. The topological polar surface area (TPSA) is 42.0 Å². The first-order chi connectivity index (χ1) is 13.6. The van der Waals surface area contributed by atoms with E-state index in [4.69, 9.17) is 9.47 Å². The van der Waals surface area contributed by atoms with Crippen LogP contribution in [-0.4, -0.2) is 55.6 Å². The Kier molecular flexibility index (Phi) is 7.36. The molecule has 2 aromatic carbocycles. The molecule has 0 aliphatic carbocycles. The van der Waals surface area contributed by atoms with Gasteiger partial charge in [-0.3, -0.25) is 0 Å². The monoisotopic (exact) mass is 400 g/mol. The Bertz CT molecular complexity index is 782. The van der Waals surface area contributed by atoms with E-state index in [-0.39, 0.29) is 5.97 Å². The molecule has 0 saturated carbocycles. The Morgan fingerprint density at radius 1 is 1.21 bits per heavy atom. The highest BCUT2D eigenvalue weighted by molar-refractivity contribution is 7.97. The van der Waals surface area contributed by atoms with Gasteiger partial charge in [0.05, 0.1) is 19.8 Å². The van der Waals surface area contributed by atoms with Gasteiger partial charge in [-0.25, -0.2) is 9.10 Å². The van der Waals surface area contributed by atoms with Gasteiger partial charge in [0, 0.05) is 24.0 Å². The second-order valence-electron chi connectivity index (χ2n) is 7.09. The van der Waals surface area contributed by atoms with Crippen LogP contribution in [0.25, 0.3) is 0 Å². The predicted octanol–water partition coefficient (Wildman–Crippen LogP) is 4.09. The van der Waals surface area contributed by atoms with Gasteiger partial charge in [0.25, 0.3) is 0 Å². The quantitative estimate of drug-likeness (QED) is 0.515. The van der Waals surface area contributed by atoms with E-state index in [2.05, 4.69) is 34.5 Å². The number of likely N-dealkylation sites (N-methyl/N-ethyl adjacent to an activating group) is 1. The average molecular weight is 401 g/mol. The van der Waals surface area contributed by atoms with Gasteiger partial charge in [-0.05, 0) is 80.3 Å². The van der Waals surface area contributed by atoms with E-state index in [1.165, 1.54) is 24.8 Å². The molecule has 0 amide bonds. The fraction of sp³-hybridized carbons (Fsp3) is 0.409. The normalized spacial score (nSPS) is 17.5. The van der Waals surface area contributed by atoms with Crippen LogP contribution in [0, 0.1) is 0 Å². The highest BCUT2D eigenvalue weighted by Gasteiger charge is 2.25. The molecular formula is C22H28N2O3S. The van der Waals surface area contributed by atoms with Gasteiger partial charge in [0.2, 0.25) is 0 Å². The van der Waals surface area contributed by atoms with Gasteiger partial charge < -0.3 is 14.4 Å². The number of benzene rings is 2. The zero-order valence-corrected chi connectivity index (χ0v) is 17.6. The summed E-state index contributed by atoms with van der Waals surface area (Å²) >= 11 is 1.77. The van der Waals surface area contributed by atoms with Crippen LogP contribution in [0.4, 0.5) is 0 Å². The van der Waals surface area contributed by atoms with Crippen molar-refractivity contribution in [2.45, 2.75) is 30.3 Å². The van der Waals surface area contributed by atoms with Gasteiger partial charge >= 0.3 is 5.97 Å². The van der Waals surface area contributed by atoms with Crippen LogP contribution in [0.15, 0.2) is 53.4 Å². The third-order valence-corrected chi connectivity index (χ3v) is 6.12. The first-order valence-corrected chi connectivity index (χ1v) is 10.3. The highest BCUT2D eigenvalue weighted by atomic mass is 32.2. The lowest BCUT2D eigenvalue weighted by atomic mass is 10.1. The maximum absolute atomic E-state index is 11.9. The van der Waals surface area contributed by atoms with E-state index in [0.717, 1.165) is 30.9 Å². The van der Waals surface area contributed by atoms with E-state index in [9.17, 15) is 4.79 Å². The van der Waals surface area contributed by atoms with E-state index >= 15 is 0 Å². The van der Waals surface area contributed by atoms with Crippen molar-refractivity contribution >= 4 is 17.9 Å². The molecular weight excluding hydrogens is 372 g/mol. The summed E-state index contributed by atoms with van der Waals surface area (Å²) in [6.45, 7) is 2.95. The molecule has 150 valence electrons. The molecule has 0 spiro atoms. The lowest BCUT2D eigenvalue weighted by Gasteiger charge is -2.37. The molecule has 1 unspecified atom stereocenters. The van der Waals surface area contributed by atoms with Crippen LogP contribution in [0.1, 0.15) is 28.8 Å². The van der Waals surface area contributed by atoms with Crippen LogP contribution in [0.3, 0.4) is 0 Å². The van der Waals surface area contributed by atoms with Crippen LogP contribution < -0.4 is 4.74 Å². The zero-order chi connectivity index (χ0) is 19.9. The maximum atomic E-state index is 11.9. The summed E-state index contributed by atoms with van der Waals surface area (Å²) in [7, 11) is 5.28. The second-order valence-corrected chi connectivity index (χ2v) is 8.22. The lowest BCUT2D eigenvalue weighted by Crippen LogP contribution is -2.43. The van der Waals surface area contributed by atoms with Crippen molar-refractivity contribution in [1.82, 2.24) is 9.21 Å². The second kappa shape index (κ2) is 9.96. The number of likely N-dealkylation sites (tertiary alicyclic amines) is 1. The van der Waals surface area contributed by atoms with Crippen LogP contribution in [0.2, 0.25) is 0 Å². The third-order valence-electron chi connectivity index (χ3n) is 4.98. The van der Waals surface area contributed by atoms with Crippen molar-refractivity contribution in [2.24, 2.45) is 0 Å². The van der Waals surface area contributed by atoms with Crippen LogP contribution in [-0.2, 0) is 11.3 Å². The molecule has 0 bridgehead atoms. The molecule has 1 aliphatic heterocycles. The molecule has 1 saturated heterocycles. The van der Waals surface area contributed by atoms with Gasteiger partial charge in [-0.15, -0.1) is 0 Å². The SMILES string of the molecule is COC(=O)c1cccc(CN(Sc2ccc(OC)cc2)C2CCCN(C)C2)c1. The number of ether oxygens (including phenoxy) is 2. The molecule has 2 aromatic rings. The standard InChI is InChI=1S/C22H28N2O3S/c1-23-13-5-8-19(16-23)24(28-21-11-9-20(26-2)10-12-21)15-17-6-4-7-18(14-17)22(25)27-3/h4,6-7,9-12,14,19H,5,8,13,15-16H2,1-3H3. The molecule has 28 heavy (non-hydrogen) atoms. The van der Waals surface area contributed by atoms with Gasteiger partial charge in [-0.1, -0.05) is 12.1 Å². The fourth-order valence-corrected chi connectivity index (χ4v) is 4.54. The molecule has 1 heterocycles. The maximum Gasteiger partial charge on any atom is 0.337 e. The number of methoxy groups -OCH3 is 2. The number of esters is 1. The number of nitrogens with zero attached hydrogens (tertiary/aromatic N) is 2. The number of carbonyl (C=O) groups excluding carboxylic acids is 1. The molecule has 0 radical (unpaired) electrons.